The Morgan fingerprint density at radius 1 is 0.913 bits per heavy atom. The highest BCUT2D eigenvalue weighted by Gasteiger charge is 2.23. The minimum Gasteiger partial charge on any atom is -0.330 e. The summed E-state index contributed by atoms with van der Waals surface area (Å²) in [4.78, 5) is 2.29. The van der Waals surface area contributed by atoms with Crippen molar-refractivity contribution in [2.75, 3.05) is 24.7 Å². The van der Waals surface area contributed by atoms with Gasteiger partial charge in [-0.2, -0.15) is 5.10 Å². The van der Waals surface area contributed by atoms with Gasteiger partial charge in [-0.1, -0.05) is 48.5 Å². The molecule has 3 rings (SSSR count). The van der Waals surface area contributed by atoms with Gasteiger partial charge in [-0.3, -0.25) is 5.01 Å². The van der Waals surface area contributed by atoms with E-state index in [1.807, 2.05) is 6.07 Å². The normalized spacial score (nSPS) is 14.2. The smallest absolute Gasteiger partial charge is 0.131 e. The second-order valence-electron chi connectivity index (χ2n) is 5.78. The van der Waals surface area contributed by atoms with Crippen LogP contribution in [0.25, 0.3) is 0 Å². The molecule has 0 fully saturated rings. The van der Waals surface area contributed by atoms with Crippen LogP contribution in [0.5, 0.6) is 0 Å². The lowest BCUT2D eigenvalue weighted by Gasteiger charge is -2.21. The molecular weight excluding hydrogens is 284 g/mol. The van der Waals surface area contributed by atoms with Crippen LogP contribution < -0.4 is 10.6 Å². The molecule has 0 amide bonds. The zero-order valence-corrected chi connectivity index (χ0v) is 13.4. The zero-order valence-electron chi connectivity index (χ0n) is 13.4. The van der Waals surface area contributed by atoms with E-state index in [0.717, 1.165) is 38.3 Å². The molecule has 4 nitrogen and oxygen atoms in total. The zero-order chi connectivity index (χ0) is 15.9. The highest BCUT2D eigenvalue weighted by molar-refractivity contribution is 5.98. The van der Waals surface area contributed by atoms with E-state index in [1.165, 1.54) is 11.3 Å². The number of hydrogen-bond donors (Lipinski definition) is 1. The number of nitrogens with zero attached hydrogens (tertiary/aromatic N) is 3. The van der Waals surface area contributed by atoms with Gasteiger partial charge in [-0.25, -0.2) is 0 Å². The van der Waals surface area contributed by atoms with Gasteiger partial charge in [0.25, 0.3) is 0 Å². The lowest BCUT2D eigenvalue weighted by molar-refractivity contribution is 0.322. The summed E-state index contributed by atoms with van der Waals surface area (Å²) in [5, 5.41) is 6.98. The Labute approximate surface area is 138 Å². The number of hydrazone groups is 1. The molecule has 0 spiro atoms. The highest BCUT2D eigenvalue weighted by atomic mass is 15.6. The predicted octanol–water partition coefficient (Wildman–Crippen LogP) is 3.06. The van der Waals surface area contributed by atoms with Gasteiger partial charge in [0.15, 0.2) is 0 Å². The Bertz CT molecular complexity index is 624. The minimum absolute atomic E-state index is 0.700. The van der Waals surface area contributed by atoms with Gasteiger partial charge >= 0.3 is 0 Å². The highest BCUT2D eigenvalue weighted by Crippen LogP contribution is 2.21. The molecule has 23 heavy (non-hydrogen) atoms. The van der Waals surface area contributed by atoms with Crippen LogP contribution in [0.3, 0.4) is 0 Å². The summed E-state index contributed by atoms with van der Waals surface area (Å²) in [6.07, 6.45) is 2.90. The van der Waals surface area contributed by atoms with E-state index >= 15 is 0 Å². The van der Waals surface area contributed by atoms with Gasteiger partial charge in [-0.15, -0.1) is 0 Å². The largest absolute Gasteiger partial charge is 0.330 e. The Balaban J connectivity index is 1.67. The van der Waals surface area contributed by atoms with Gasteiger partial charge in [0.05, 0.1) is 0 Å². The molecule has 0 unspecified atom stereocenters. The molecule has 1 heterocycles. The molecule has 0 aromatic heterocycles. The number of anilines is 1. The van der Waals surface area contributed by atoms with Crippen molar-refractivity contribution in [3.63, 3.8) is 0 Å². The number of para-hydroxylation sites is 1. The minimum atomic E-state index is 0.700. The molecule has 120 valence electrons. The number of amidine groups is 1. The summed E-state index contributed by atoms with van der Waals surface area (Å²) in [7, 11) is 0. The van der Waals surface area contributed by atoms with Crippen molar-refractivity contribution in [3.8, 4) is 0 Å². The molecule has 2 N–H and O–H groups in total. The van der Waals surface area contributed by atoms with Crippen molar-refractivity contribution in [2.45, 2.75) is 19.3 Å². The first-order chi connectivity index (χ1) is 11.4. The van der Waals surface area contributed by atoms with Crippen LogP contribution in [-0.4, -0.2) is 30.6 Å². The fourth-order valence-corrected chi connectivity index (χ4v) is 2.80. The van der Waals surface area contributed by atoms with Gasteiger partial charge in [0.1, 0.15) is 12.5 Å². The van der Waals surface area contributed by atoms with Gasteiger partial charge in [0, 0.05) is 18.7 Å². The first-order valence-electron chi connectivity index (χ1n) is 8.26. The monoisotopic (exact) mass is 308 g/mol. The molecule has 2 aromatic carbocycles. The molecule has 2 aromatic rings. The quantitative estimate of drug-likeness (QED) is 0.855. The summed E-state index contributed by atoms with van der Waals surface area (Å²) in [5.41, 5.74) is 8.22. The van der Waals surface area contributed by atoms with Crippen LogP contribution in [0.4, 0.5) is 5.69 Å². The molecule has 0 aliphatic carbocycles. The molecular formula is C19H24N4. The molecule has 0 saturated carbocycles. The number of hydrogen-bond acceptors (Lipinski definition) is 4. The van der Waals surface area contributed by atoms with Crippen molar-refractivity contribution in [1.82, 2.24) is 5.01 Å². The lowest BCUT2D eigenvalue weighted by Crippen LogP contribution is -2.31. The fourth-order valence-electron chi connectivity index (χ4n) is 2.80. The van der Waals surface area contributed by atoms with Gasteiger partial charge in [0.2, 0.25) is 0 Å². The van der Waals surface area contributed by atoms with Crippen LogP contribution >= 0.6 is 0 Å². The van der Waals surface area contributed by atoms with E-state index in [1.54, 1.807) is 0 Å². The van der Waals surface area contributed by atoms with Crippen LogP contribution in [0, 0.1) is 0 Å². The average molecular weight is 308 g/mol. The van der Waals surface area contributed by atoms with Crippen LogP contribution in [0.1, 0.15) is 18.4 Å². The molecule has 1 aliphatic heterocycles. The summed E-state index contributed by atoms with van der Waals surface area (Å²) in [6.45, 7) is 2.45. The van der Waals surface area contributed by atoms with Crippen LogP contribution in [0.2, 0.25) is 0 Å². The number of benzene rings is 2. The third kappa shape index (κ3) is 4.11. The fraction of sp³-hybridized carbons (Fsp3) is 0.316. The predicted molar refractivity (Wildman–Crippen MR) is 96.4 cm³/mol. The second-order valence-corrected chi connectivity index (χ2v) is 5.78. The molecule has 0 saturated heterocycles. The summed E-state index contributed by atoms with van der Waals surface area (Å²) < 4.78 is 0. The number of nitrogens with two attached hydrogens (primary N) is 1. The molecule has 1 aliphatic rings. The first kappa shape index (κ1) is 15.6. The Morgan fingerprint density at radius 3 is 2.30 bits per heavy atom. The van der Waals surface area contributed by atoms with Crippen molar-refractivity contribution >= 4 is 11.5 Å². The summed E-state index contributed by atoms with van der Waals surface area (Å²) >= 11 is 0. The van der Waals surface area contributed by atoms with Crippen molar-refractivity contribution in [1.29, 1.82) is 0 Å². The third-order valence-corrected chi connectivity index (χ3v) is 4.05. The summed E-state index contributed by atoms with van der Waals surface area (Å²) in [6, 6.07) is 21.0. The number of rotatable bonds is 7. The van der Waals surface area contributed by atoms with E-state index < -0.39 is 0 Å². The Kier molecular flexibility index (Phi) is 5.27. The van der Waals surface area contributed by atoms with Gasteiger partial charge in [-0.05, 0) is 37.1 Å². The maximum Gasteiger partial charge on any atom is 0.131 e. The Morgan fingerprint density at radius 2 is 1.61 bits per heavy atom. The molecule has 0 radical (unpaired) electrons. The first-order valence-corrected chi connectivity index (χ1v) is 8.26. The standard InChI is InChI=1S/C19H24N4/c20-14-7-12-19-21-22(15-13-17-8-3-1-4-9-17)16-23(19)18-10-5-2-6-11-18/h1-6,8-11H,7,12-16,20H2. The van der Waals surface area contributed by atoms with Crippen LogP contribution in [0.15, 0.2) is 65.8 Å². The maximum absolute atomic E-state index is 5.67. The SMILES string of the molecule is NCCCC1=NN(CCc2ccccc2)CN1c1ccccc1. The van der Waals surface area contributed by atoms with E-state index in [4.69, 9.17) is 10.8 Å². The molecule has 0 bridgehead atoms. The Hall–Kier alpha value is -2.33. The lowest BCUT2D eigenvalue weighted by atomic mass is 10.1. The average Bonchev–Trinajstić information content (AvgIpc) is 3.03. The van der Waals surface area contributed by atoms with E-state index in [0.29, 0.717) is 6.54 Å². The van der Waals surface area contributed by atoms with E-state index in [-0.39, 0.29) is 0 Å². The third-order valence-electron chi connectivity index (χ3n) is 4.05. The maximum atomic E-state index is 5.67. The van der Waals surface area contributed by atoms with Crippen molar-refractivity contribution < 1.29 is 0 Å². The van der Waals surface area contributed by atoms with Crippen molar-refractivity contribution in [2.24, 2.45) is 10.8 Å². The van der Waals surface area contributed by atoms with Crippen molar-refractivity contribution in [3.05, 3.63) is 66.2 Å². The second kappa shape index (κ2) is 7.79. The molecule has 4 heteroatoms. The van der Waals surface area contributed by atoms with Crippen LogP contribution in [-0.2, 0) is 6.42 Å². The summed E-state index contributed by atoms with van der Waals surface area (Å²) in [5.74, 6) is 1.12. The molecule has 0 atom stereocenters. The van der Waals surface area contributed by atoms with E-state index in [9.17, 15) is 0 Å². The van der Waals surface area contributed by atoms with Gasteiger partial charge < -0.3 is 10.6 Å². The van der Waals surface area contributed by atoms with E-state index in [2.05, 4.69) is 64.5 Å². The topological polar surface area (TPSA) is 44.9 Å².